The molecule has 0 aromatic heterocycles. The Hall–Kier alpha value is -2.73. The lowest BCUT2D eigenvalue weighted by Gasteiger charge is -2.23. The van der Waals surface area contributed by atoms with E-state index in [0.717, 1.165) is 5.56 Å². The molecule has 0 bridgehead atoms. The molecule has 0 heterocycles. The van der Waals surface area contributed by atoms with Crippen LogP contribution in [0.2, 0.25) is 0 Å². The Labute approximate surface area is 134 Å². The highest BCUT2D eigenvalue weighted by atomic mass is 16.6. The van der Waals surface area contributed by atoms with E-state index in [4.69, 9.17) is 15.0 Å². The number of hydrogen-bond acceptors (Lipinski definition) is 5. The Morgan fingerprint density at radius 1 is 1.30 bits per heavy atom. The van der Waals surface area contributed by atoms with Crippen molar-refractivity contribution in [3.05, 3.63) is 46.3 Å². The van der Waals surface area contributed by atoms with Gasteiger partial charge < -0.3 is 9.47 Å². The number of azide groups is 1. The normalized spacial score (nSPS) is 11.8. The van der Waals surface area contributed by atoms with Crippen molar-refractivity contribution in [3.63, 3.8) is 0 Å². The van der Waals surface area contributed by atoms with Gasteiger partial charge in [0.25, 0.3) is 0 Å². The number of nitrogens with zero attached hydrogens (tertiary/aromatic N) is 4. The molecule has 0 N–H and O–H groups in total. The molecule has 0 saturated carbocycles. The molecule has 0 radical (unpaired) electrons. The van der Waals surface area contributed by atoms with Crippen LogP contribution in [-0.4, -0.2) is 28.7 Å². The summed E-state index contributed by atoms with van der Waals surface area (Å²) >= 11 is 0. The molecule has 0 aliphatic rings. The van der Waals surface area contributed by atoms with Crippen LogP contribution in [0.3, 0.4) is 0 Å². The fourth-order valence-corrected chi connectivity index (χ4v) is 1.57. The fraction of sp³-hybridized carbons (Fsp3) is 0.467. The predicted octanol–water partition coefficient (Wildman–Crippen LogP) is 3.58. The van der Waals surface area contributed by atoms with Crippen molar-refractivity contribution in [1.29, 1.82) is 0 Å². The highest BCUT2D eigenvalue weighted by Gasteiger charge is 2.35. The lowest BCUT2D eigenvalue weighted by molar-refractivity contribution is -0.150. The summed E-state index contributed by atoms with van der Waals surface area (Å²) in [6.07, 6.45) is -0.917. The van der Waals surface area contributed by atoms with E-state index in [1.54, 1.807) is 32.9 Å². The Bertz CT molecular complexity index is 591. The number of benzene rings is 1. The summed E-state index contributed by atoms with van der Waals surface area (Å²) in [6, 6.07) is 7.98. The second kappa shape index (κ2) is 8.05. The van der Waals surface area contributed by atoms with Gasteiger partial charge in [-0.1, -0.05) is 30.3 Å². The van der Waals surface area contributed by atoms with Gasteiger partial charge in [0.05, 0.1) is 0 Å². The van der Waals surface area contributed by atoms with E-state index in [1.807, 2.05) is 18.2 Å². The summed E-state index contributed by atoms with van der Waals surface area (Å²) in [7, 11) is 0. The van der Waals surface area contributed by atoms with Gasteiger partial charge >= 0.3 is 12.1 Å². The lowest BCUT2D eigenvalue weighted by atomic mass is 10.2. The number of rotatable bonds is 5. The highest BCUT2D eigenvalue weighted by Crippen LogP contribution is 2.14. The van der Waals surface area contributed by atoms with Crippen molar-refractivity contribution in [2.75, 3.05) is 0 Å². The molecule has 0 aliphatic carbocycles. The van der Waals surface area contributed by atoms with Crippen molar-refractivity contribution in [2.45, 2.75) is 45.9 Å². The van der Waals surface area contributed by atoms with Crippen LogP contribution in [0.5, 0.6) is 0 Å². The molecule has 0 saturated heterocycles. The van der Waals surface area contributed by atoms with Crippen LogP contribution in [0, 0.1) is 0 Å². The third-order valence-corrected chi connectivity index (χ3v) is 2.65. The van der Waals surface area contributed by atoms with Gasteiger partial charge in [-0.2, -0.15) is 9.71 Å². The Morgan fingerprint density at radius 3 is 2.43 bits per heavy atom. The van der Waals surface area contributed by atoms with Crippen molar-refractivity contribution in [3.8, 4) is 0 Å². The molecule has 8 nitrogen and oxygen atoms in total. The van der Waals surface area contributed by atoms with Crippen LogP contribution in [0.15, 0.2) is 35.6 Å². The molecule has 1 aromatic rings. The summed E-state index contributed by atoms with van der Waals surface area (Å²) in [4.78, 5) is 26.6. The topological polar surface area (TPSA) is 105 Å². The minimum Gasteiger partial charge on any atom is -0.458 e. The maximum atomic E-state index is 12.0. The second-order valence-electron chi connectivity index (χ2n) is 5.77. The van der Waals surface area contributed by atoms with E-state index in [9.17, 15) is 9.59 Å². The highest BCUT2D eigenvalue weighted by molar-refractivity contribution is 5.80. The molecule has 0 fully saturated rings. The third-order valence-electron chi connectivity index (χ3n) is 2.65. The Kier molecular flexibility index (Phi) is 6.41. The Balaban J connectivity index is 2.72. The average molecular weight is 320 g/mol. The molecule has 8 heteroatoms. The van der Waals surface area contributed by atoms with Gasteiger partial charge in [0.2, 0.25) is 6.04 Å². The van der Waals surface area contributed by atoms with Gasteiger partial charge in [-0.3, -0.25) is 0 Å². The maximum Gasteiger partial charge on any atom is 0.511 e. The largest absolute Gasteiger partial charge is 0.511 e. The first kappa shape index (κ1) is 18.3. The number of amides is 1. The number of carbonyl (C=O) groups excluding carboxylic acids is 2. The van der Waals surface area contributed by atoms with E-state index >= 15 is 0 Å². The van der Waals surface area contributed by atoms with Gasteiger partial charge in [-0.05, 0) is 38.5 Å². The first-order valence-electron chi connectivity index (χ1n) is 7.02. The number of carbonyl (C=O) groups is 2. The van der Waals surface area contributed by atoms with Gasteiger partial charge in [0.15, 0.2) is 0 Å². The van der Waals surface area contributed by atoms with Crippen LogP contribution in [0.1, 0.15) is 33.3 Å². The summed E-state index contributed by atoms with van der Waals surface area (Å²) in [5.74, 6) is -0.702. The Morgan fingerprint density at radius 2 is 1.91 bits per heavy atom. The van der Waals surface area contributed by atoms with E-state index in [0.29, 0.717) is 5.01 Å². The lowest BCUT2D eigenvalue weighted by Crippen LogP contribution is -2.42. The summed E-state index contributed by atoms with van der Waals surface area (Å²) in [5, 5.41) is 3.85. The molecule has 1 atom stereocenters. The molecule has 0 spiro atoms. The smallest absolute Gasteiger partial charge is 0.458 e. The number of esters is 1. The van der Waals surface area contributed by atoms with E-state index < -0.39 is 23.7 Å². The maximum absolute atomic E-state index is 12.0. The number of ether oxygens (including phenoxy) is 2. The molecule has 1 aromatic carbocycles. The van der Waals surface area contributed by atoms with Crippen molar-refractivity contribution < 1.29 is 19.1 Å². The quantitative estimate of drug-likeness (QED) is 0.272. The third kappa shape index (κ3) is 6.27. The molecular formula is C15H20N4O4. The van der Waals surface area contributed by atoms with Gasteiger partial charge in [0.1, 0.15) is 12.2 Å². The van der Waals surface area contributed by atoms with Crippen molar-refractivity contribution in [2.24, 2.45) is 5.22 Å². The predicted molar refractivity (Wildman–Crippen MR) is 82.9 cm³/mol. The first-order valence-corrected chi connectivity index (χ1v) is 7.02. The van der Waals surface area contributed by atoms with Crippen molar-refractivity contribution >= 4 is 12.1 Å². The minimum atomic E-state index is -1.11. The standard InChI is InChI=1S/C15H20N4O4/c1-11(13(20)22-10-12-8-6-5-7-9-12)19(18-17-16)14(21)23-15(2,3)4/h5-9,11H,10H2,1-4H3/t11-/m0/s1. The molecule has 0 aliphatic heterocycles. The monoisotopic (exact) mass is 320 g/mol. The molecule has 1 amide bonds. The molecular weight excluding hydrogens is 300 g/mol. The summed E-state index contributed by atoms with van der Waals surface area (Å²) in [5.41, 5.74) is 8.60. The zero-order chi connectivity index (χ0) is 17.5. The van der Waals surface area contributed by atoms with Crippen LogP contribution < -0.4 is 0 Å². The molecule has 23 heavy (non-hydrogen) atoms. The van der Waals surface area contributed by atoms with Gasteiger partial charge in [-0.25, -0.2) is 4.79 Å². The van der Waals surface area contributed by atoms with Gasteiger partial charge in [-0.15, -0.1) is 10.5 Å². The zero-order valence-corrected chi connectivity index (χ0v) is 13.6. The SMILES string of the molecule is C[C@@H](C(=O)OCc1ccccc1)N(N=[N+]=[N-])C(=O)OC(C)(C)C. The van der Waals surface area contributed by atoms with Crippen LogP contribution in [0.4, 0.5) is 4.79 Å². The average Bonchev–Trinajstić information content (AvgIpc) is 2.48. The first-order chi connectivity index (χ1) is 10.7. The van der Waals surface area contributed by atoms with Gasteiger partial charge in [0, 0.05) is 0 Å². The zero-order valence-electron chi connectivity index (χ0n) is 13.6. The molecule has 0 unspecified atom stereocenters. The van der Waals surface area contributed by atoms with Crippen LogP contribution >= 0.6 is 0 Å². The van der Waals surface area contributed by atoms with E-state index in [1.165, 1.54) is 6.92 Å². The van der Waals surface area contributed by atoms with Crippen LogP contribution in [-0.2, 0) is 20.9 Å². The minimum absolute atomic E-state index is 0.0580. The van der Waals surface area contributed by atoms with E-state index in [2.05, 4.69) is 10.1 Å². The van der Waals surface area contributed by atoms with Crippen LogP contribution in [0.25, 0.3) is 10.4 Å². The summed E-state index contributed by atoms with van der Waals surface area (Å²) < 4.78 is 10.2. The summed E-state index contributed by atoms with van der Waals surface area (Å²) in [6.45, 7) is 6.45. The molecule has 1 rings (SSSR count). The fourth-order valence-electron chi connectivity index (χ4n) is 1.57. The second-order valence-corrected chi connectivity index (χ2v) is 5.77. The van der Waals surface area contributed by atoms with E-state index in [-0.39, 0.29) is 6.61 Å². The number of hydrogen-bond donors (Lipinski definition) is 0. The molecule has 124 valence electrons. The van der Waals surface area contributed by atoms with Crippen molar-refractivity contribution in [1.82, 2.24) is 5.01 Å².